The van der Waals surface area contributed by atoms with Gasteiger partial charge in [-0.25, -0.2) is 13.1 Å². The zero-order chi connectivity index (χ0) is 12.2. The highest BCUT2D eigenvalue weighted by atomic mass is 35.5. The van der Waals surface area contributed by atoms with E-state index in [0.29, 0.717) is 10.9 Å². The number of nitrogens with one attached hydrogen (secondary N) is 2. The van der Waals surface area contributed by atoms with E-state index >= 15 is 0 Å². The molecule has 0 unspecified atom stereocenters. The van der Waals surface area contributed by atoms with Crippen LogP contribution >= 0.6 is 35.3 Å². The normalized spacial score (nSPS) is 13.1. The summed E-state index contributed by atoms with van der Waals surface area (Å²) in [6.45, 7) is 5.08. The smallest absolute Gasteiger partial charge is 0.250 e. The van der Waals surface area contributed by atoms with E-state index in [1.54, 1.807) is 6.07 Å². The molecular weight excluding hydrogens is 303 g/mol. The van der Waals surface area contributed by atoms with Crippen molar-refractivity contribution in [2.45, 2.75) is 24.1 Å². The molecule has 0 aromatic carbocycles. The topological polar surface area (TPSA) is 58.2 Å². The number of rotatable bonds is 6. The maximum absolute atomic E-state index is 11.8. The van der Waals surface area contributed by atoms with Crippen LogP contribution in [0.2, 0.25) is 4.34 Å². The van der Waals surface area contributed by atoms with Gasteiger partial charge in [0, 0.05) is 12.6 Å². The van der Waals surface area contributed by atoms with Gasteiger partial charge in [-0.1, -0.05) is 18.5 Å². The molecule has 17 heavy (non-hydrogen) atoms. The van der Waals surface area contributed by atoms with E-state index in [2.05, 4.69) is 10.0 Å². The van der Waals surface area contributed by atoms with Crippen molar-refractivity contribution in [2.24, 2.45) is 0 Å². The zero-order valence-corrected chi connectivity index (χ0v) is 12.8. The number of halogens is 2. The lowest BCUT2D eigenvalue weighted by Gasteiger charge is -2.12. The van der Waals surface area contributed by atoms with Crippen molar-refractivity contribution in [1.29, 1.82) is 0 Å². The molecule has 0 aliphatic carbocycles. The molecule has 0 aliphatic rings. The van der Waals surface area contributed by atoms with E-state index in [4.69, 9.17) is 11.6 Å². The third-order valence-corrected chi connectivity index (χ3v) is 5.09. The lowest BCUT2D eigenvalue weighted by atomic mass is 10.3. The SMILES string of the molecule is CCN[C@H](C)CNS(=O)(=O)c1ccc(Cl)s1.Cl. The fourth-order valence-electron chi connectivity index (χ4n) is 1.17. The molecule has 0 spiro atoms. The number of sulfonamides is 1. The van der Waals surface area contributed by atoms with Crippen LogP contribution in [-0.4, -0.2) is 27.5 Å². The lowest BCUT2D eigenvalue weighted by Crippen LogP contribution is -2.38. The summed E-state index contributed by atoms with van der Waals surface area (Å²) in [4.78, 5) is 0. The number of hydrogen-bond acceptors (Lipinski definition) is 4. The van der Waals surface area contributed by atoms with Crippen molar-refractivity contribution in [3.05, 3.63) is 16.5 Å². The molecule has 1 heterocycles. The fourth-order valence-corrected chi connectivity index (χ4v) is 3.83. The molecule has 0 radical (unpaired) electrons. The molecule has 0 aliphatic heterocycles. The van der Waals surface area contributed by atoms with Crippen LogP contribution in [0.4, 0.5) is 0 Å². The Kier molecular flexibility index (Phi) is 7.62. The van der Waals surface area contributed by atoms with E-state index in [1.807, 2.05) is 13.8 Å². The molecule has 100 valence electrons. The third kappa shape index (κ3) is 5.54. The van der Waals surface area contributed by atoms with Crippen LogP contribution in [0.1, 0.15) is 13.8 Å². The Balaban J connectivity index is 0.00000256. The van der Waals surface area contributed by atoms with Gasteiger partial charge in [0.2, 0.25) is 10.0 Å². The molecule has 0 fully saturated rings. The number of thiophene rings is 1. The van der Waals surface area contributed by atoms with Crippen molar-refractivity contribution in [3.8, 4) is 0 Å². The second kappa shape index (κ2) is 7.56. The predicted octanol–water partition coefficient (Wildman–Crippen LogP) is 2.10. The molecule has 1 atom stereocenters. The molecule has 1 rings (SSSR count). The summed E-state index contributed by atoms with van der Waals surface area (Å²) in [6, 6.07) is 3.19. The van der Waals surface area contributed by atoms with Crippen LogP contribution in [-0.2, 0) is 10.0 Å². The molecule has 0 bridgehead atoms. The lowest BCUT2D eigenvalue weighted by molar-refractivity contribution is 0.537. The highest BCUT2D eigenvalue weighted by Crippen LogP contribution is 2.25. The van der Waals surface area contributed by atoms with Gasteiger partial charge in [-0.3, -0.25) is 0 Å². The van der Waals surface area contributed by atoms with Crippen LogP contribution in [0.3, 0.4) is 0 Å². The quantitative estimate of drug-likeness (QED) is 0.844. The Morgan fingerprint density at radius 1 is 1.47 bits per heavy atom. The van der Waals surface area contributed by atoms with E-state index in [1.165, 1.54) is 6.07 Å². The van der Waals surface area contributed by atoms with Crippen LogP contribution < -0.4 is 10.0 Å². The maximum Gasteiger partial charge on any atom is 0.250 e. The summed E-state index contributed by atoms with van der Waals surface area (Å²) in [5.74, 6) is 0. The molecule has 0 saturated carbocycles. The highest BCUT2D eigenvalue weighted by Gasteiger charge is 2.16. The highest BCUT2D eigenvalue weighted by molar-refractivity contribution is 7.91. The molecule has 0 amide bonds. The molecule has 4 nitrogen and oxygen atoms in total. The summed E-state index contributed by atoms with van der Waals surface area (Å²) in [7, 11) is -3.41. The van der Waals surface area contributed by atoms with E-state index in [9.17, 15) is 8.42 Å². The van der Waals surface area contributed by atoms with Gasteiger partial charge in [0.15, 0.2) is 0 Å². The molecular formula is C9H16Cl2N2O2S2. The maximum atomic E-state index is 11.8. The van der Waals surface area contributed by atoms with Gasteiger partial charge >= 0.3 is 0 Å². The largest absolute Gasteiger partial charge is 0.313 e. The molecule has 1 aromatic heterocycles. The zero-order valence-electron chi connectivity index (χ0n) is 9.57. The first-order chi connectivity index (χ1) is 7.45. The molecule has 0 saturated heterocycles. The Morgan fingerprint density at radius 2 is 2.12 bits per heavy atom. The average Bonchev–Trinajstić information content (AvgIpc) is 2.63. The van der Waals surface area contributed by atoms with Gasteiger partial charge in [0.05, 0.1) is 4.34 Å². The minimum absolute atomic E-state index is 0. The fraction of sp³-hybridized carbons (Fsp3) is 0.556. The predicted molar refractivity (Wildman–Crippen MR) is 74.9 cm³/mol. The second-order valence-corrected chi connectivity index (χ2v) is 7.08. The Bertz CT molecular complexity index is 434. The minimum atomic E-state index is -3.41. The van der Waals surface area contributed by atoms with E-state index < -0.39 is 10.0 Å². The monoisotopic (exact) mass is 318 g/mol. The van der Waals surface area contributed by atoms with Gasteiger partial charge in [0.25, 0.3) is 0 Å². The first-order valence-electron chi connectivity index (χ1n) is 4.94. The first-order valence-corrected chi connectivity index (χ1v) is 7.62. The van der Waals surface area contributed by atoms with Gasteiger partial charge < -0.3 is 5.32 Å². The van der Waals surface area contributed by atoms with Gasteiger partial charge in [-0.2, -0.15) is 0 Å². The van der Waals surface area contributed by atoms with E-state index in [0.717, 1.165) is 17.9 Å². The summed E-state index contributed by atoms with van der Waals surface area (Å²) in [5.41, 5.74) is 0. The van der Waals surface area contributed by atoms with E-state index in [-0.39, 0.29) is 22.7 Å². The Labute approximate surface area is 117 Å². The van der Waals surface area contributed by atoms with Crippen molar-refractivity contribution in [2.75, 3.05) is 13.1 Å². The molecule has 1 aromatic rings. The Morgan fingerprint density at radius 3 is 2.59 bits per heavy atom. The number of hydrogen-bond donors (Lipinski definition) is 2. The summed E-state index contributed by atoms with van der Waals surface area (Å²) < 4.78 is 26.8. The van der Waals surface area contributed by atoms with Gasteiger partial charge in [-0.05, 0) is 25.6 Å². The van der Waals surface area contributed by atoms with Crippen molar-refractivity contribution in [1.82, 2.24) is 10.0 Å². The van der Waals surface area contributed by atoms with Crippen molar-refractivity contribution in [3.63, 3.8) is 0 Å². The second-order valence-electron chi connectivity index (χ2n) is 3.37. The molecule has 2 N–H and O–H groups in total. The van der Waals surface area contributed by atoms with Gasteiger partial charge in [-0.15, -0.1) is 23.7 Å². The van der Waals surface area contributed by atoms with Gasteiger partial charge in [0.1, 0.15) is 4.21 Å². The Hall–Kier alpha value is 0.150. The van der Waals surface area contributed by atoms with Crippen LogP contribution in [0.25, 0.3) is 0 Å². The molecule has 8 heteroatoms. The summed E-state index contributed by atoms with van der Waals surface area (Å²) in [5, 5.41) is 3.13. The average molecular weight is 319 g/mol. The standard InChI is InChI=1S/C9H15ClN2O2S2.ClH/c1-3-11-7(2)6-12-16(13,14)9-5-4-8(10)15-9;/h4-5,7,11-12H,3,6H2,1-2H3;1H/t7-;/m1./s1. The van der Waals surface area contributed by atoms with Crippen LogP contribution in [0.5, 0.6) is 0 Å². The summed E-state index contributed by atoms with van der Waals surface area (Å²) in [6.07, 6.45) is 0. The van der Waals surface area contributed by atoms with Crippen LogP contribution in [0.15, 0.2) is 16.3 Å². The third-order valence-electron chi connectivity index (χ3n) is 1.95. The minimum Gasteiger partial charge on any atom is -0.313 e. The first kappa shape index (κ1) is 17.2. The van der Waals surface area contributed by atoms with Crippen molar-refractivity contribution < 1.29 is 8.42 Å². The van der Waals surface area contributed by atoms with Crippen LogP contribution in [0, 0.1) is 0 Å². The summed E-state index contributed by atoms with van der Waals surface area (Å²) >= 11 is 6.75. The van der Waals surface area contributed by atoms with Crippen molar-refractivity contribution >= 4 is 45.4 Å². The number of likely N-dealkylation sites (N-methyl/N-ethyl adjacent to an activating group) is 1.